The minimum absolute atomic E-state index is 1.33. The van der Waals surface area contributed by atoms with Crippen LogP contribution in [0.15, 0.2) is 752 Å². The van der Waals surface area contributed by atoms with Crippen molar-refractivity contribution in [1.82, 2.24) is 0 Å². The maximum absolute atomic E-state index is 6.28. The van der Waals surface area contributed by atoms with E-state index in [-0.39, 0.29) is 0 Å². The summed E-state index contributed by atoms with van der Waals surface area (Å²) in [6, 6.07) is 0. The molecule has 0 unspecified atom stereocenters. The van der Waals surface area contributed by atoms with Crippen molar-refractivity contribution < 1.29 is 0 Å². The number of rotatable bonds is 72. The Morgan fingerprint density at radius 1 is 0.0680 bits per heavy atom. The normalized spacial score (nSPS) is 15.8. The molecule has 147 heavy (non-hydrogen) atoms. The van der Waals surface area contributed by atoms with Gasteiger partial charge in [0.05, 0.1) is 4.22 Å². The average Bonchev–Trinajstić information content (AvgIpc) is 1.11. The van der Waals surface area contributed by atoms with Gasteiger partial charge in [-0.1, -0.05) is 0 Å². The van der Waals surface area contributed by atoms with Crippen molar-refractivity contribution in [3.05, 3.63) is 0 Å². The molecule has 0 atom stereocenters. The Bertz CT molecular complexity index is 5270. The van der Waals surface area contributed by atoms with Gasteiger partial charge in [-0.15, -0.1) is 5.10 Å². The molecule has 0 amide bonds. The number of hydrogen-bond donors (Lipinski definition) is 1. The SMILES string of the molecule is N=NN=NN=NN=NN=NN=NN=NN=NN=NN=NN=NN=NN=NN=NN=NN=NN=NN=NN=NN=NN=NN=NN=NN=NN=NN=NN=NN=NN=NN=NN=NN=NN=NN=NN=NN=NN=NN=NN=NN=NN=NN=NN=NN=NN=NN=NN=NN=NN=NN=NN=NN=NN=NN=NN=NN=NN=NN=NN=NN=NN=NN=NN=NN=NN=NN=NN=NN=NN=NN=NN=NN=NN=CI. The molecule has 0 radical (unpaired) electrons. The monoisotopic (exact) mass is 2170 g/mol. The molecule has 0 aromatic rings. The van der Waals surface area contributed by atoms with Crippen molar-refractivity contribution in [1.29, 1.82) is 5.53 Å². The van der Waals surface area contributed by atoms with Crippen molar-refractivity contribution in [2.75, 3.05) is 0 Å². The van der Waals surface area contributed by atoms with Gasteiger partial charge < -0.3 is 0 Å². The van der Waals surface area contributed by atoms with Crippen LogP contribution in [0.25, 0.3) is 0 Å². The van der Waals surface area contributed by atoms with E-state index in [1.807, 2.05) is 22.6 Å². The van der Waals surface area contributed by atoms with Crippen LogP contribution in [0.5, 0.6) is 0 Å². The van der Waals surface area contributed by atoms with Crippen LogP contribution in [-0.4, -0.2) is 4.22 Å². The molecule has 145 nitrogen and oxygen atoms in total. The summed E-state index contributed by atoms with van der Waals surface area (Å²) in [6.07, 6.45) is 0. The van der Waals surface area contributed by atoms with Crippen LogP contribution in [0.3, 0.4) is 0 Å². The van der Waals surface area contributed by atoms with Gasteiger partial charge in [0, 0.05) is 663 Å². The second-order valence-corrected chi connectivity index (χ2v) is 13.6. The maximum Gasteiger partial charge on any atom is 0.0897 e. The summed E-state index contributed by atoms with van der Waals surface area (Å²) in [5.74, 6) is 0. The molecule has 0 aromatic heterocycles. The van der Waals surface area contributed by atoms with Crippen LogP contribution in [0.1, 0.15) is 0 Å². The van der Waals surface area contributed by atoms with E-state index in [0.29, 0.717) is 0 Å². The highest BCUT2D eigenvalue weighted by atomic mass is 127. The zero-order valence-corrected chi connectivity index (χ0v) is 68.0. The summed E-state index contributed by atoms with van der Waals surface area (Å²) >= 11 is 1.81. The van der Waals surface area contributed by atoms with E-state index in [1.165, 1.54) is 4.22 Å². The lowest BCUT2D eigenvalue weighted by atomic mass is 11.7. The topological polar surface area (TPSA) is 1800 Å². The van der Waals surface area contributed by atoms with E-state index in [0.717, 1.165) is 0 Å². The molecule has 0 rings (SSSR count). The Hall–Kier alpha value is -28.4. The predicted octanol–water partition coefficient (Wildman–Crippen LogP) is 27.5. The van der Waals surface area contributed by atoms with Crippen LogP contribution in [0, 0.1) is 5.53 Å². The van der Waals surface area contributed by atoms with E-state index in [2.05, 4.69) is 752 Å². The highest BCUT2D eigenvalue weighted by molar-refractivity contribution is 14.1. The van der Waals surface area contributed by atoms with Crippen molar-refractivity contribution in [2.45, 2.75) is 0 Å². The van der Waals surface area contributed by atoms with E-state index < -0.39 is 0 Å². The Morgan fingerprint density at radius 3 is 0.150 bits per heavy atom. The predicted molar refractivity (Wildman–Crippen MR) is 372 cm³/mol. The zero-order valence-electron chi connectivity index (χ0n) is 65.9. The van der Waals surface area contributed by atoms with Crippen molar-refractivity contribution in [3.63, 3.8) is 0 Å². The summed E-state index contributed by atoms with van der Waals surface area (Å²) in [6.45, 7) is 0. The molecule has 1 N–H and O–H groups in total. The fraction of sp³-hybridized carbons (Fsp3) is 0. The average molecular weight is 2170 g/mol. The third-order valence-electron chi connectivity index (χ3n) is 5.78. The molecule has 738 valence electrons. The van der Waals surface area contributed by atoms with Gasteiger partial charge in [0.1, 0.15) is 0 Å². The summed E-state index contributed by atoms with van der Waals surface area (Å²) in [5.41, 5.74) is 6.28. The quantitative estimate of drug-likeness (QED) is 0.0257. The van der Waals surface area contributed by atoms with Gasteiger partial charge >= 0.3 is 0 Å². The van der Waals surface area contributed by atoms with E-state index in [9.17, 15) is 0 Å². The highest BCUT2D eigenvalue weighted by Gasteiger charge is 1.85. The second-order valence-electron chi connectivity index (χ2n) is 13.0. The molecule has 0 saturated carbocycles. The molecule has 0 aliphatic rings. The lowest BCUT2D eigenvalue weighted by Crippen LogP contribution is -1.52. The standard InChI is InChI=1S/CH2IN145/c2-1-4-6-8-10-12-14-16-18-20-22-24-26-28-30-32-34-36-38-40-42-44-46-48-50-52-54-56-58-60-62-64-66-68-70-72-74-76-78-80-82-84-86-88-90-92-94-96-98-100-102-104-106-108-110-112-114-116-118-120-122-124-126-128-130-132-134-136-138-140-142-144-146-147-145-143-141-139-137-135-133-131-129-127-125-123-121-119-117-115-113-111-109-107-105-103-101-99-97-95-93-91-89-87-85-83-81-79-77-75-73-71-69-67-65-63-61-59-57-55-53-51-49-47-45-43-41-39-37-35-33-31-29-27-25-23-21-19-17-15-13-11-9-7-5-3/h1,3H. The lowest BCUT2D eigenvalue weighted by molar-refractivity contribution is 0.722. The number of halogens is 1. The fourth-order valence-electron chi connectivity index (χ4n) is 2.57. The summed E-state index contributed by atoms with van der Waals surface area (Å²) in [7, 11) is 0. The molecule has 0 spiro atoms. The van der Waals surface area contributed by atoms with Gasteiger partial charge in [0.15, 0.2) is 0 Å². The van der Waals surface area contributed by atoms with Crippen molar-refractivity contribution in [3.8, 4) is 0 Å². The van der Waals surface area contributed by atoms with Gasteiger partial charge in [0.25, 0.3) is 0 Å². The first-order valence-electron chi connectivity index (χ1n) is 29.3. The number of hydrogen-bond acceptors (Lipinski definition) is 2. The first kappa shape index (κ1) is 119. The molecule has 0 aliphatic carbocycles. The van der Waals surface area contributed by atoms with Gasteiger partial charge in [-0.25, -0.2) is 0 Å². The second kappa shape index (κ2) is 118. The Kier molecular flexibility index (Phi) is 94.9. The lowest BCUT2D eigenvalue weighted by Gasteiger charge is -1.71. The summed E-state index contributed by atoms with van der Waals surface area (Å²) in [5, 5.41) is 432. The van der Waals surface area contributed by atoms with Crippen LogP contribution in [-0.2, 0) is 0 Å². The molecule has 0 bridgehead atoms. The minimum Gasteiger partial charge on any atom is -0.183 e. The third kappa shape index (κ3) is 118. The smallest absolute Gasteiger partial charge is 0.0897 e. The number of nitrogens with one attached hydrogen (secondary N) is 1. The van der Waals surface area contributed by atoms with Crippen molar-refractivity contribution >= 4 is 26.8 Å². The van der Waals surface area contributed by atoms with Crippen LogP contribution >= 0.6 is 22.6 Å². The van der Waals surface area contributed by atoms with Gasteiger partial charge in [-0.2, -0.15) is 5.53 Å². The van der Waals surface area contributed by atoms with Gasteiger partial charge in [-0.05, 0) is 106 Å². The van der Waals surface area contributed by atoms with E-state index in [4.69, 9.17) is 5.53 Å². The summed E-state index contributed by atoms with van der Waals surface area (Å²) < 4.78 is 1.33. The fourth-order valence-corrected chi connectivity index (χ4v) is 2.68. The Balaban J connectivity index is 4.14. The van der Waals surface area contributed by atoms with E-state index in [1.54, 1.807) is 0 Å². The van der Waals surface area contributed by atoms with Gasteiger partial charge in [-0.3, -0.25) is 0 Å². The third-order valence-corrected chi connectivity index (χ3v) is 6.03. The number of nitrogens with zero attached hydrogens (tertiary/aromatic N) is 144. The van der Waals surface area contributed by atoms with Crippen LogP contribution in [0.2, 0.25) is 0 Å². The molecular weight excluding hydrogens is 2170 g/mol. The first-order chi connectivity index (χ1) is 73.4. The minimum atomic E-state index is 1.33. The molecule has 0 aliphatic heterocycles. The van der Waals surface area contributed by atoms with E-state index >= 15 is 0 Å². The van der Waals surface area contributed by atoms with Crippen LogP contribution < -0.4 is 0 Å². The molecular formula is CH2IN145. The molecule has 0 saturated heterocycles. The Labute approximate surface area is 783 Å². The Morgan fingerprint density at radius 2 is 0.109 bits per heavy atom. The molecule has 0 heterocycles. The largest absolute Gasteiger partial charge is 0.183 e. The molecule has 0 aromatic carbocycles. The molecule has 146 heteroatoms. The highest BCUT2D eigenvalue weighted by Crippen LogP contribution is 2.03. The van der Waals surface area contributed by atoms with Crippen LogP contribution in [0.4, 0.5) is 0 Å². The summed E-state index contributed by atoms with van der Waals surface area (Å²) in [4.78, 5) is 0. The van der Waals surface area contributed by atoms with Crippen molar-refractivity contribution in [2.24, 2.45) is 752 Å². The van der Waals surface area contributed by atoms with Gasteiger partial charge in [0.2, 0.25) is 0 Å². The first-order valence-corrected chi connectivity index (χ1v) is 30.5. The zero-order chi connectivity index (χ0) is 105. The molecule has 0 fully saturated rings. The maximum atomic E-state index is 6.28.